The zero-order valence-electron chi connectivity index (χ0n) is 25.9. The lowest BCUT2D eigenvalue weighted by atomic mass is 9.90. The lowest BCUT2D eigenvalue weighted by Crippen LogP contribution is -2.45. The van der Waals surface area contributed by atoms with Crippen molar-refractivity contribution in [3.05, 3.63) is 48.0 Å². The standard InChI is InChI=1S/C30H37ClF2N10O4/c1-20(17-42-19-35-39-40-42)47-27-16-21(2-7-24(27)31)25-8-9-34-30(36-25)37-26-18-43(38-28(26)45-14-15-46-29(32)33)23-5-3-22(4-6-23)41-10-12-44-13-11-41/h2,7-9,16,18-20,22-23,29H,3-6,10-15,17H2,1H3,(H,34,36,37)/t20-,22?,23?/m0/s1. The molecule has 0 bridgehead atoms. The minimum atomic E-state index is -2.88. The van der Waals surface area contributed by atoms with Gasteiger partial charge in [0.15, 0.2) is 0 Å². The van der Waals surface area contributed by atoms with E-state index < -0.39 is 6.61 Å². The summed E-state index contributed by atoms with van der Waals surface area (Å²) in [6.45, 7) is 2.58. The van der Waals surface area contributed by atoms with E-state index in [2.05, 4.69) is 35.5 Å². The predicted octanol–water partition coefficient (Wildman–Crippen LogP) is 4.63. The molecule has 3 aromatic heterocycles. The first-order valence-electron chi connectivity index (χ1n) is 15.6. The summed E-state index contributed by atoms with van der Waals surface area (Å²) in [6, 6.07) is 7.89. The van der Waals surface area contributed by atoms with Gasteiger partial charge in [0.2, 0.25) is 5.95 Å². The number of ether oxygens (including phenoxy) is 4. The number of rotatable bonds is 14. The van der Waals surface area contributed by atoms with E-state index in [0.717, 1.165) is 57.6 Å². The third-order valence-corrected chi connectivity index (χ3v) is 8.47. The second-order valence-electron chi connectivity index (χ2n) is 11.4. The van der Waals surface area contributed by atoms with Gasteiger partial charge in [-0.15, -0.1) is 10.2 Å². The minimum absolute atomic E-state index is 0.0971. The molecule has 1 aromatic carbocycles. The molecule has 4 aromatic rings. The molecule has 1 saturated heterocycles. The Bertz CT molecular complexity index is 1570. The number of nitrogens with zero attached hydrogens (tertiary/aromatic N) is 9. The Morgan fingerprint density at radius 2 is 1.89 bits per heavy atom. The van der Waals surface area contributed by atoms with Gasteiger partial charge in [-0.3, -0.25) is 9.58 Å². The minimum Gasteiger partial charge on any atom is -0.487 e. The average Bonchev–Trinajstić information content (AvgIpc) is 3.74. The largest absolute Gasteiger partial charge is 0.487 e. The van der Waals surface area contributed by atoms with Crippen molar-refractivity contribution < 1.29 is 27.7 Å². The van der Waals surface area contributed by atoms with Crippen LogP contribution >= 0.6 is 11.6 Å². The van der Waals surface area contributed by atoms with Crippen molar-refractivity contribution in [2.24, 2.45) is 0 Å². The highest BCUT2D eigenvalue weighted by Gasteiger charge is 2.29. The molecular weight excluding hydrogens is 638 g/mol. The monoisotopic (exact) mass is 674 g/mol. The maximum atomic E-state index is 12.5. The smallest absolute Gasteiger partial charge is 0.345 e. The van der Waals surface area contributed by atoms with Crippen LogP contribution in [0.25, 0.3) is 11.3 Å². The Balaban J connectivity index is 1.16. The normalized spacial score (nSPS) is 19.5. The zero-order valence-corrected chi connectivity index (χ0v) is 26.7. The number of morpholine rings is 1. The summed E-state index contributed by atoms with van der Waals surface area (Å²) >= 11 is 6.45. The van der Waals surface area contributed by atoms with E-state index in [-0.39, 0.29) is 31.2 Å². The van der Waals surface area contributed by atoms with Crippen LogP contribution in [0.15, 0.2) is 43.0 Å². The van der Waals surface area contributed by atoms with Gasteiger partial charge in [0, 0.05) is 30.9 Å². The lowest BCUT2D eigenvalue weighted by molar-refractivity contribution is -0.133. The predicted molar refractivity (Wildman–Crippen MR) is 167 cm³/mol. The van der Waals surface area contributed by atoms with Gasteiger partial charge >= 0.3 is 6.61 Å². The van der Waals surface area contributed by atoms with E-state index >= 15 is 0 Å². The highest BCUT2D eigenvalue weighted by molar-refractivity contribution is 6.32. The topological polar surface area (TPSA) is 139 Å². The molecule has 2 fully saturated rings. The number of aromatic nitrogens is 8. The van der Waals surface area contributed by atoms with Crippen molar-refractivity contribution in [1.82, 2.24) is 44.9 Å². The molecule has 1 aliphatic heterocycles. The van der Waals surface area contributed by atoms with E-state index in [1.54, 1.807) is 23.0 Å². The number of hydrogen-bond donors (Lipinski definition) is 1. The van der Waals surface area contributed by atoms with E-state index in [4.69, 9.17) is 35.9 Å². The Hall–Kier alpha value is -3.99. The van der Waals surface area contributed by atoms with E-state index in [1.165, 1.54) is 6.33 Å². The number of benzene rings is 1. The third kappa shape index (κ3) is 8.88. The number of hydrogen-bond acceptors (Lipinski definition) is 12. The fourth-order valence-electron chi connectivity index (χ4n) is 5.90. The van der Waals surface area contributed by atoms with E-state index in [1.807, 2.05) is 29.9 Å². The van der Waals surface area contributed by atoms with Crippen molar-refractivity contribution in [2.45, 2.75) is 64.0 Å². The van der Waals surface area contributed by atoms with Crippen LogP contribution in [0, 0.1) is 0 Å². The van der Waals surface area contributed by atoms with E-state index in [0.29, 0.717) is 40.7 Å². The fourth-order valence-corrected chi connectivity index (χ4v) is 6.06. The summed E-state index contributed by atoms with van der Waals surface area (Å²) in [6.07, 6.45) is 8.77. The molecule has 1 N–H and O–H groups in total. The highest BCUT2D eigenvalue weighted by Crippen LogP contribution is 2.35. The molecule has 0 radical (unpaired) electrons. The molecule has 1 aliphatic carbocycles. The van der Waals surface area contributed by atoms with Crippen molar-refractivity contribution in [3.63, 3.8) is 0 Å². The first-order chi connectivity index (χ1) is 22.9. The molecule has 2 aliphatic rings. The average molecular weight is 675 g/mol. The second kappa shape index (κ2) is 15.7. The lowest BCUT2D eigenvalue weighted by Gasteiger charge is -2.38. The molecule has 1 saturated carbocycles. The molecule has 0 spiro atoms. The molecular formula is C30H37ClF2N10O4. The van der Waals surface area contributed by atoms with Crippen molar-refractivity contribution in [3.8, 4) is 22.9 Å². The van der Waals surface area contributed by atoms with Crippen LogP contribution in [0.4, 0.5) is 20.4 Å². The SMILES string of the molecule is C[C@@H](Cn1cnnn1)Oc1cc(-c2ccnc(Nc3cn(C4CCC(N5CCOCC5)CC4)nc3OCCOC(F)F)n2)ccc1Cl. The number of alkyl halides is 2. The molecule has 1 atom stereocenters. The third-order valence-electron chi connectivity index (χ3n) is 8.16. The van der Waals surface area contributed by atoms with Crippen LogP contribution in [-0.2, 0) is 16.0 Å². The first-order valence-corrected chi connectivity index (χ1v) is 16.0. The molecule has 252 valence electrons. The number of tetrazole rings is 1. The summed E-state index contributed by atoms with van der Waals surface area (Å²) in [5.74, 6) is 1.05. The fraction of sp³-hybridized carbons (Fsp3) is 0.533. The summed E-state index contributed by atoms with van der Waals surface area (Å²) in [4.78, 5) is 11.6. The molecule has 17 heteroatoms. The molecule has 6 rings (SSSR count). The highest BCUT2D eigenvalue weighted by atomic mass is 35.5. The molecule has 4 heterocycles. The van der Waals surface area contributed by atoms with Gasteiger partial charge in [-0.25, -0.2) is 14.6 Å². The summed E-state index contributed by atoms with van der Waals surface area (Å²) in [7, 11) is 0. The van der Waals surface area contributed by atoms with Crippen LogP contribution in [0.1, 0.15) is 38.6 Å². The summed E-state index contributed by atoms with van der Waals surface area (Å²) in [5, 5.41) is 19.5. The van der Waals surface area contributed by atoms with Crippen LogP contribution < -0.4 is 14.8 Å². The maximum Gasteiger partial charge on any atom is 0.345 e. The van der Waals surface area contributed by atoms with Gasteiger partial charge in [-0.1, -0.05) is 17.7 Å². The van der Waals surface area contributed by atoms with Crippen molar-refractivity contribution >= 4 is 23.2 Å². The molecule has 0 unspecified atom stereocenters. The Morgan fingerprint density at radius 1 is 1.09 bits per heavy atom. The van der Waals surface area contributed by atoms with Crippen molar-refractivity contribution in [1.29, 1.82) is 0 Å². The van der Waals surface area contributed by atoms with Gasteiger partial charge in [-0.05, 0) is 61.2 Å². The second-order valence-corrected chi connectivity index (χ2v) is 11.8. The Kier molecular flexibility index (Phi) is 11.0. The van der Waals surface area contributed by atoms with Gasteiger partial charge < -0.3 is 24.3 Å². The zero-order chi connectivity index (χ0) is 32.6. The number of halogens is 3. The van der Waals surface area contributed by atoms with Crippen LogP contribution in [-0.4, -0.2) is 103 Å². The van der Waals surface area contributed by atoms with Gasteiger partial charge in [0.25, 0.3) is 5.88 Å². The first kappa shape index (κ1) is 32.9. The van der Waals surface area contributed by atoms with Gasteiger partial charge in [0.1, 0.15) is 30.5 Å². The van der Waals surface area contributed by atoms with Crippen LogP contribution in [0.3, 0.4) is 0 Å². The van der Waals surface area contributed by atoms with Crippen LogP contribution in [0.2, 0.25) is 5.02 Å². The van der Waals surface area contributed by atoms with Gasteiger partial charge in [0.05, 0.1) is 49.3 Å². The Labute approximate surface area is 275 Å². The van der Waals surface area contributed by atoms with Crippen molar-refractivity contribution in [2.75, 3.05) is 44.8 Å². The quantitative estimate of drug-likeness (QED) is 0.187. The molecule has 47 heavy (non-hydrogen) atoms. The van der Waals surface area contributed by atoms with Crippen LogP contribution in [0.5, 0.6) is 11.6 Å². The maximum absolute atomic E-state index is 12.5. The Morgan fingerprint density at radius 3 is 2.66 bits per heavy atom. The summed E-state index contributed by atoms with van der Waals surface area (Å²) in [5.41, 5.74) is 1.91. The van der Waals surface area contributed by atoms with Gasteiger partial charge in [-0.2, -0.15) is 8.78 Å². The molecule has 0 amide bonds. The number of nitrogens with one attached hydrogen (secondary N) is 1. The summed E-state index contributed by atoms with van der Waals surface area (Å²) < 4.78 is 50.3. The number of anilines is 2. The van der Waals surface area contributed by atoms with E-state index in [9.17, 15) is 8.78 Å². The molecule has 14 nitrogen and oxygen atoms in total.